The fraction of sp³-hybridized carbons (Fsp3) is 0.154. The molecule has 0 heterocycles. The van der Waals surface area contributed by atoms with E-state index in [2.05, 4.69) is 4.74 Å². The molecule has 0 saturated carbocycles. The van der Waals surface area contributed by atoms with Gasteiger partial charge in [-0.2, -0.15) is 10.5 Å². The van der Waals surface area contributed by atoms with E-state index in [0.29, 0.717) is 11.1 Å². The highest BCUT2D eigenvalue weighted by molar-refractivity contribution is 5.90. The van der Waals surface area contributed by atoms with Gasteiger partial charge >= 0.3 is 5.97 Å². The lowest BCUT2D eigenvalue weighted by Crippen LogP contribution is -2.01. The third-order valence-corrected chi connectivity index (χ3v) is 2.07. The SMILES string of the molecule is COC(=O)c1cc(C)cc(C=C(C#N)C#N)c1. The number of allylic oxidation sites excluding steroid dienone is 1. The first kappa shape index (κ1) is 12.5. The Morgan fingerprint density at radius 3 is 2.47 bits per heavy atom. The smallest absolute Gasteiger partial charge is 0.337 e. The van der Waals surface area contributed by atoms with Crippen LogP contribution in [0.25, 0.3) is 6.08 Å². The van der Waals surface area contributed by atoms with Crippen LogP contribution in [-0.2, 0) is 4.74 Å². The van der Waals surface area contributed by atoms with E-state index in [-0.39, 0.29) is 5.57 Å². The molecule has 1 aromatic rings. The number of carbonyl (C=O) groups is 1. The number of esters is 1. The van der Waals surface area contributed by atoms with Gasteiger partial charge in [0.2, 0.25) is 0 Å². The van der Waals surface area contributed by atoms with Crippen LogP contribution in [0.3, 0.4) is 0 Å². The molecule has 0 atom stereocenters. The quantitative estimate of drug-likeness (QED) is 0.572. The van der Waals surface area contributed by atoms with Crippen LogP contribution in [0.2, 0.25) is 0 Å². The maximum atomic E-state index is 11.4. The maximum Gasteiger partial charge on any atom is 0.337 e. The van der Waals surface area contributed by atoms with Gasteiger partial charge in [-0.05, 0) is 36.3 Å². The molecular formula is C13H10N2O2. The molecule has 0 aliphatic rings. The van der Waals surface area contributed by atoms with E-state index in [1.165, 1.54) is 13.2 Å². The van der Waals surface area contributed by atoms with Gasteiger partial charge in [0.15, 0.2) is 0 Å². The summed E-state index contributed by atoms with van der Waals surface area (Å²) in [5.41, 5.74) is 1.87. The molecule has 0 aromatic heterocycles. The summed E-state index contributed by atoms with van der Waals surface area (Å²) in [5.74, 6) is -0.446. The summed E-state index contributed by atoms with van der Waals surface area (Å²) in [4.78, 5) is 11.4. The van der Waals surface area contributed by atoms with Crippen molar-refractivity contribution in [2.45, 2.75) is 6.92 Å². The van der Waals surface area contributed by atoms with Crippen molar-refractivity contribution in [3.63, 3.8) is 0 Å². The highest BCUT2D eigenvalue weighted by Crippen LogP contribution is 2.13. The zero-order valence-electron chi connectivity index (χ0n) is 9.52. The Labute approximate surface area is 99.4 Å². The van der Waals surface area contributed by atoms with Crippen molar-refractivity contribution in [3.05, 3.63) is 40.5 Å². The lowest BCUT2D eigenvalue weighted by molar-refractivity contribution is 0.0600. The van der Waals surface area contributed by atoms with Crippen LogP contribution in [0.1, 0.15) is 21.5 Å². The molecule has 4 nitrogen and oxygen atoms in total. The second-order valence-electron chi connectivity index (χ2n) is 3.41. The summed E-state index contributed by atoms with van der Waals surface area (Å²) in [5, 5.41) is 17.3. The summed E-state index contributed by atoms with van der Waals surface area (Å²) in [6.45, 7) is 1.82. The van der Waals surface area contributed by atoms with Gasteiger partial charge in [-0.1, -0.05) is 6.07 Å². The van der Waals surface area contributed by atoms with Crippen molar-refractivity contribution in [2.75, 3.05) is 7.11 Å². The van der Waals surface area contributed by atoms with Crippen molar-refractivity contribution in [1.29, 1.82) is 10.5 Å². The highest BCUT2D eigenvalue weighted by atomic mass is 16.5. The van der Waals surface area contributed by atoms with Crippen LogP contribution in [0.15, 0.2) is 23.8 Å². The standard InChI is InChI=1S/C13H10N2O2/c1-9-3-10(5-11(7-14)8-15)6-12(4-9)13(16)17-2/h3-6H,1-2H3. The van der Waals surface area contributed by atoms with Crippen LogP contribution in [0.5, 0.6) is 0 Å². The third-order valence-electron chi connectivity index (χ3n) is 2.07. The lowest BCUT2D eigenvalue weighted by atomic mass is 10.0. The van der Waals surface area contributed by atoms with E-state index in [9.17, 15) is 4.79 Å². The van der Waals surface area contributed by atoms with Crippen LogP contribution in [0, 0.1) is 29.6 Å². The fourth-order valence-electron chi connectivity index (χ4n) is 1.39. The molecule has 0 fully saturated rings. The first-order valence-electron chi connectivity index (χ1n) is 4.82. The van der Waals surface area contributed by atoms with Crippen molar-refractivity contribution >= 4 is 12.0 Å². The molecule has 0 unspecified atom stereocenters. The van der Waals surface area contributed by atoms with Crippen molar-refractivity contribution < 1.29 is 9.53 Å². The van der Waals surface area contributed by atoms with Gasteiger partial charge in [0.05, 0.1) is 12.7 Å². The zero-order chi connectivity index (χ0) is 12.8. The second-order valence-corrected chi connectivity index (χ2v) is 3.41. The Kier molecular flexibility index (Phi) is 4.02. The molecule has 0 saturated heterocycles. The van der Waals surface area contributed by atoms with Gasteiger partial charge < -0.3 is 4.74 Å². The van der Waals surface area contributed by atoms with E-state index >= 15 is 0 Å². The molecular weight excluding hydrogens is 216 g/mol. The average Bonchev–Trinajstić information content (AvgIpc) is 2.34. The molecule has 0 N–H and O–H groups in total. The van der Waals surface area contributed by atoms with Crippen LogP contribution >= 0.6 is 0 Å². The molecule has 0 aliphatic carbocycles. The summed E-state index contributed by atoms with van der Waals surface area (Å²) in [6, 6.07) is 8.57. The van der Waals surface area contributed by atoms with Crippen LogP contribution < -0.4 is 0 Å². The van der Waals surface area contributed by atoms with E-state index in [1.54, 1.807) is 30.3 Å². The van der Waals surface area contributed by atoms with E-state index in [0.717, 1.165) is 5.56 Å². The molecule has 0 spiro atoms. The Bertz CT molecular complexity index is 544. The monoisotopic (exact) mass is 226 g/mol. The van der Waals surface area contributed by atoms with E-state index in [1.807, 2.05) is 6.92 Å². The van der Waals surface area contributed by atoms with E-state index in [4.69, 9.17) is 10.5 Å². The molecule has 84 valence electrons. The Balaban J connectivity index is 3.25. The van der Waals surface area contributed by atoms with Gasteiger partial charge in [0.1, 0.15) is 17.7 Å². The number of hydrogen-bond acceptors (Lipinski definition) is 4. The first-order valence-corrected chi connectivity index (χ1v) is 4.82. The van der Waals surface area contributed by atoms with Crippen molar-refractivity contribution in [3.8, 4) is 12.1 Å². The number of methoxy groups -OCH3 is 1. The molecule has 1 rings (SSSR count). The molecule has 0 aliphatic heterocycles. The summed E-state index contributed by atoms with van der Waals surface area (Å²) < 4.78 is 4.61. The van der Waals surface area contributed by atoms with Gasteiger partial charge in [0, 0.05) is 0 Å². The predicted molar refractivity (Wildman–Crippen MR) is 61.7 cm³/mol. The Morgan fingerprint density at radius 1 is 1.29 bits per heavy atom. The molecule has 0 bridgehead atoms. The summed E-state index contributed by atoms with van der Waals surface area (Å²) in [6.07, 6.45) is 1.43. The van der Waals surface area contributed by atoms with E-state index < -0.39 is 5.97 Å². The lowest BCUT2D eigenvalue weighted by Gasteiger charge is -2.03. The summed E-state index contributed by atoms with van der Waals surface area (Å²) >= 11 is 0. The van der Waals surface area contributed by atoms with Crippen LogP contribution in [0.4, 0.5) is 0 Å². The largest absolute Gasteiger partial charge is 0.465 e. The molecule has 4 heteroatoms. The summed E-state index contributed by atoms with van der Waals surface area (Å²) in [7, 11) is 1.30. The first-order chi connectivity index (χ1) is 8.10. The van der Waals surface area contributed by atoms with Crippen molar-refractivity contribution in [2.24, 2.45) is 0 Å². The third kappa shape index (κ3) is 3.19. The molecule has 0 amide bonds. The predicted octanol–water partition coefficient (Wildman–Crippen LogP) is 2.21. The number of carbonyl (C=O) groups excluding carboxylic acids is 1. The average molecular weight is 226 g/mol. The number of nitrogens with zero attached hydrogens (tertiary/aromatic N) is 2. The number of rotatable bonds is 2. The topological polar surface area (TPSA) is 73.9 Å². The van der Waals surface area contributed by atoms with Crippen LogP contribution in [-0.4, -0.2) is 13.1 Å². The Hall–Kier alpha value is -2.59. The van der Waals surface area contributed by atoms with Gasteiger partial charge in [-0.3, -0.25) is 0 Å². The maximum absolute atomic E-state index is 11.4. The second kappa shape index (κ2) is 5.48. The number of aryl methyl sites for hydroxylation is 1. The van der Waals surface area contributed by atoms with Gasteiger partial charge in [-0.25, -0.2) is 4.79 Å². The fourth-order valence-corrected chi connectivity index (χ4v) is 1.39. The Morgan fingerprint density at radius 2 is 1.94 bits per heavy atom. The minimum Gasteiger partial charge on any atom is -0.465 e. The number of hydrogen-bond donors (Lipinski definition) is 0. The normalized spacial score (nSPS) is 8.71. The highest BCUT2D eigenvalue weighted by Gasteiger charge is 2.07. The number of nitriles is 2. The number of benzene rings is 1. The zero-order valence-corrected chi connectivity index (χ0v) is 9.52. The van der Waals surface area contributed by atoms with Crippen molar-refractivity contribution in [1.82, 2.24) is 0 Å². The molecule has 17 heavy (non-hydrogen) atoms. The molecule has 1 aromatic carbocycles. The molecule has 0 radical (unpaired) electrons. The number of ether oxygens (including phenoxy) is 1. The van der Waals surface area contributed by atoms with Gasteiger partial charge in [-0.15, -0.1) is 0 Å². The minimum absolute atomic E-state index is 0.00795. The van der Waals surface area contributed by atoms with Gasteiger partial charge in [0.25, 0.3) is 0 Å². The minimum atomic E-state index is -0.446.